The normalized spacial score (nSPS) is 16.5. The largest absolute Gasteiger partial charge is 0.324 e. The maximum absolute atomic E-state index is 6.24. The molecular formula is C15H23N. The molecule has 1 heteroatoms. The summed E-state index contributed by atoms with van der Waals surface area (Å²) >= 11 is 0. The van der Waals surface area contributed by atoms with Crippen LogP contribution in [-0.4, -0.2) is 0 Å². The van der Waals surface area contributed by atoms with Gasteiger partial charge in [-0.05, 0) is 54.7 Å². The molecule has 1 aliphatic rings. The monoisotopic (exact) mass is 217 g/mol. The second-order valence-corrected chi connectivity index (χ2v) is 5.46. The SMILES string of the molecule is CC(C)CCC(N)c1ccc2c(c1)CCC2. The van der Waals surface area contributed by atoms with Crippen LogP contribution in [0.4, 0.5) is 0 Å². The van der Waals surface area contributed by atoms with E-state index in [9.17, 15) is 0 Å². The summed E-state index contributed by atoms with van der Waals surface area (Å²) in [6.07, 6.45) is 6.16. The number of rotatable bonds is 4. The van der Waals surface area contributed by atoms with Crippen LogP contribution >= 0.6 is 0 Å². The van der Waals surface area contributed by atoms with E-state index in [4.69, 9.17) is 5.73 Å². The fraction of sp³-hybridized carbons (Fsp3) is 0.600. The van der Waals surface area contributed by atoms with Gasteiger partial charge in [-0.1, -0.05) is 32.0 Å². The highest BCUT2D eigenvalue weighted by atomic mass is 14.6. The molecule has 2 N–H and O–H groups in total. The van der Waals surface area contributed by atoms with Gasteiger partial charge in [0.05, 0.1) is 0 Å². The molecule has 0 radical (unpaired) electrons. The Hall–Kier alpha value is -0.820. The van der Waals surface area contributed by atoms with Gasteiger partial charge in [0.1, 0.15) is 0 Å². The summed E-state index contributed by atoms with van der Waals surface area (Å²) in [5.41, 5.74) is 10.7. The molecule has 1 aliphatic carbocycles. The minimum Gasteiger partial charge on any atom is -0.324 e. The molecule has 0 aromatic heterocycles. The van der Waals surface area contributed by atoms with Gasteiger partial charge < -0.3 is 5.73 Å². The zero-order chi connectivity index (χ0) is 11.5. The summed E-state index contributed by atoms with van der Waals surface area (Å²) in [6, 6.07) is 7.09. The Bertz CT molecular complexity index is 354. The molecule has 0 aliphatic heterocycles. The first-order valence-corrected chi connectivity index (χ1v) is 6.54. The van der Waals surface area contributed by atoms with Crippen LogP contribution in [0.15, 0.2) is 18.2 Å². The standard InChI is InChI=1S/C15H23N/c1-11(2)6-9-15(16)14-8-7-12-4-3-5-13(12)10-14/h7-8,10-11,15H,3-6,9,16H2,1-2H3. The number of nitrogens with two attached hydrogens (primary N) is 1. The summed E-state index contributed by atoms with van der Waals surface area (Å²) in [4.78, 5) is 0. The van der Waals surface area contributed by atoms with Crippen LogP contribution in [0.25, 0.3) is 0 Å². The second kappa shape index (κ2) is 5.01. The summed E-state index contributed by atoms with van der Waals surface area (Å²) in [7, 11) is 0. The van der Waals surface area contributed by atoms with Gasteiger partial charge in [0.25, 0.3) is 0 Å². The number of benzene rings is 1. The molecule has 1 atom stereocenters. The Morgan fingerprint density at radius 3 is 2.62 bits per heavy atom. The zero-order valence-corrected chi connectivity index (χ0v) is 10.5. The van der Waals surface area contributed by atoms with Crippen molar-refractivity contribution in [2.24, 2.45) is 11.7 Å². The summed E-state index contributed by atoms with van der Waals surface area (Å²) in [5, 5.41) is 0. The van der Waals surface area contributed by atoms with Gasteiger partial charge in [-0.2, -0.15) is 0 Å². The predicted molar refractivity (Wildman–Crippen MR) is 69.5 cm³/mol. The van der Waals surface area contributed by atoms with Crippen molar-refractivity contribution in [2.75, 3.05) is 0 Å². The first-order chi connectivity index (χ1) is 7.66. The lowest BCUT2D eigenvalue weighted by Gasteiger charge is -2.14. The van der Waals surface area contributed by atoms with Gasteiger partial charge in [0.2, 0.25) is 0 Å². The zero-order valence-electron chi connectivity index (χ0n) is 10.5. The Labute approximate surface area is 99.0 Å². The molecule has 2 rings (SSSR count). The van der Waals surface area contributed by atoms with Crippen molar-refractivity contribution in [3.05, 3.63) is 34.9 Å². The van der Waals surface area contributed by atoms with Crippen LogP contribution in [0.1, 0.15) is 55.8 Å². The highest BCUT2D eigenvalue weighted by molar-refractivity contribution is 5.36. The lowest BCUT2D eigenvalue weighted by Crippen LogP contribution is -2.11. The van der Waals surface area contributed by atoms with Crippen molar-refractivity contribution >= 4 is 0 Å². The molecule has 0 saturated heterocycles. The number of aryl methyl sites for hydroxylation is 2. The molecule has 0 amide bonds. The molecule has 1 aromatic carbocycles. The lowest BCUT2D eigenvalue weighted by atomic mass is 9.96. The molecule has 0 fully saturated rings. The summed E-state index contributed by atoms with van der Waals surface area (Å²) in [5.74, 6) is 0.750. The molecule has 88 valence electrons. The van der Waals surface area contributed by atoms with E-state index in [2.05, 4.69) is 32.0 Å². The minimum absolute atomic E-state index is 0.230. The molecular weight excluding hydrogens is 194 g/mol. The quantitative estimate of drug-likeness (QED) is 0.819. The van der Waals surface area contributed by atoms with Crippen LogP contribution in [0.2, 0.25) is 0 Å². The first kappa shape index (κ1) is 11.7. The van der Waals surface area contributed by atoms with E-state index >= 15 is 0 Å². The van der Waals surface area contributed by atoms with Gasteiger partial charge in [0, 0.05) is 6.04 Å². The molecule has 0 bridgehead atoms. The number of hydrogen-bond acceptors (Lipinski definition) is 1. The van der Waals surface area contributed by atoms with Gasteiger partial charge in [-0.15, -0.1) is 0 Å². The van der Waals surface area contributed by atoms with Crippen molar-refractivity contribution in [1.82, 2.24) is 0 Å². The summed E-state index contributed by atoms with van der Waals surface area (Å²) < 4.78 is 0. The van der Waals surface area contributed by atoms with Crippen molar-refractivity contribution in [3.63, 3.8) is 0 Å². The molecule has 1 aromatic rings. The molecule has 16 heavy (non-hydrogen) atoms. The minimum atomic E-state index is 0.230. The van der Waals surface area contributed by atoms with Gasteiger partial charge in [0.15, 0.2) is 0 Å². The molecule has 0 heterocycles. The average Bonchev–Trinajstić information content (AvgIpc) is 2.72. The third kappa shape index (κ3) is 2.65. The smallest absolute Gasteiger partial charge is 0.0295 e. The average molecular weight is 217 g/mol. The third-order valence-corrected chi connectivity index (χ3v) is 3.61. The molecule has 0 spiro atoms. The maximum atomic E-state index is 6.24. The fourth-order valence-electron chi connectivity index (χ4n) is 2.50. The fourth-order valence-corrected chi connectivity index (χ4v) is 2.50. The number of fused-ring (bicyclic) bond motifs is 1. The molecule has 1 unspecified atom stereocenters. The van der Waals surface area contributed by atoms with Crippen LogP contribution in [0, 0.1) is 5.92 Å². The van der Waals surface area contributed by atoms with E-state index < -0.39 is 0 Å². The van der Waals surface area contributed by atoms with Crippen molar-refractivity contribution in [2.45, 2.75) is 52.0 Å². The van der Waals surface area contributed by atoms with Crippen LogP contribution in [-0.2, 0) is 12.8 Å². The van der Waals surface area contributed by atoms with Crippen LogP contribution in [0.5, 0.6) is 0 Å². The van der Waals surface area contributed by atoms with E-state index in [0.717, 1.165) is 12.3 Å². The highest BCUT2D eigenvalue weighted by Gasteiger charge is 2.13. The molecule has 1 nitrogen and oxygen atoms in total. The van der Waals surface area contributed by atoms with E-state index in [1.54, 1.807) is 5.56 Å². The summed E-state index contributed by atoms with van der Waals surface area (Å²) in [6.45, 7) is 4.52. The Kier molecular flexibility index (Phi) is 3.65. The Morgan fingerprint density at radius 1 is 1.12 bits per heavy atom. The lowest BCUT2D eigenvalue weighted by molar-refractivity contribution is 0.507. The van der Waals surface area contributed by atoms with Gasteiger partial charge >= 0.3 is 0 Å². The highest BCUT2D eigenvalue weighted by Crippen LogP contribution is 2.26. The van der Waals surface area contributed by atoms with E-state index in [-0.39, 0.29) is 6.04 Å². The van der Waals surface area contributed by atoms with Crippen molar-refractivity contribution in [3.8, 4) is 0 Å². The topological polar surface area (TPSA) is 26.0 Å². The van der Waals surface area contributed by atoms with Crippen molar-refractivity contribution in [1.29, 1.82) is 0 Å². The maximum Gasteiger partial charge on any atom is 0.0295 e. The van der Waals surface area contributed by atoms with E-state index in [1.165, 1.54) is 36.8 Å². The Morgan fingerprint density at radius 2 is 1.88 bits per heavy atom. The molecule has 0 saturated carbocycles. The van der Waals surface area contributed by atoms with Crippen LogP contribution < -0.4 is 5.73 Å². The van der Waals surface area contributed by atoms with Crippen LogP contribution in [0.3, 0.4) is 0 Å². The van der Waals surface area contributed by atoms with Gasteiger partial charge in [-0.25, -0.2) is 0 Å². The Balaban J connectivity index is 2.03. The first-order valence-electron chi connectivity index (χ1n) is 6.54. The predicted octanol–water partition coefficient (Wildman–Crippen LogP) is 3.61. The second-order valence-electron chi connectivity index (χ2n) is 5.46. The van der Waals surface area contributed by atoms with E-state index in [0.29, 0.717) is 0 Å². The van der Waals surface area contributed by atoms with Crippen molar-refractivity contribution < 1.29 is 0 Å². The number of hydrogen-bond donors (Lipinski definition) is 1. The van der Waals surface area contributed by atoms with Gasteiger partial charge in [-0.3, -0.25) is 0 Å². The third-order valence-electron chi connectivity index (χ3n) is 3.61. The van der Waals surface area contributed by atoms with E-state index in [1.807, 2.05) is 0 Å².